The molecule has 0 bridgehead atoms. The maximum absolute atomic E-state index is 5.41. The van der Waals surface area contributed by atoms with Gasteiger partial charge < -0.3 is 13.5 Å². The number of hydrogen-bond acceptors (Lipinski definition) is 7. The molecular weight excluding hydrogens is 284 g/mol. The van der Waals surface area contributed by atoms with Gasteiger partial charge in [-0.1, -0.05) is 10.3 Å². The SMILES string of the molecule is Cc1cc(C2CCCN2Cc2nc(-c3ccco3)no2)on1. The molecule has 3 aromatic rings. The fraction of sp³-hybridized carbons (Fsp3) is 0.400. The lowest BCUT2D eigenvalue weighted by Crippen LogP contribution is -2.22. The predicted octanol–water partition coefficient (Wildman–Crippen LogP) is 2.96. The molecule has 0 spiro atoms. The summed E-state index contributed by atoms with van der Waals surface area (Å²) in [6, 6.07) is 5.82. The monoisotopic (exact) mass is 300 g/mol. The predicted molar refractivity (Wildman–Crippen MR) is 75.6 cm³/mol. The van der Waals surface area contributed by atoms with Crippen LogP contribution in [0.4, 0.5) is 0 Å². The average molecular weight is 300 g/mol. The third kappa shape index (κ3) is 2.43. The van der Waals surface area contributed by atoms with E-state index >= 15 is 0 Å². The van der Waals surface area contributed by atoms with Gasteiger partial charge in [-0.05, 0) is 38.4 Å². The number of rotatable bonds is 4. The van der Waals surface area contributed by atoms with E-state index in [4.69, 9.17) is 13.5 Å². The standard InChI is InChI=1S/C15H16N4O3/c1-10-8-13(21-17-10)11-4-2-6-19(11)9-14-16-15(18-22-14)12-5-3-7-20-12/h3,5,7-8,11H,2,4,6,9H2,1H3. The van der Waals surface area contributed by atoms with Crippen LogP contribution in [0.15, 0.2) is 37.9 Å². The van der Waals surface area contributed by atoms with Crippen molar-refractivity contribution in [2.45, 2.75) is 32.4 Å². The number of nitrogens with zero attached hydrogens (tertiary/aromatic N) is 4. The van der Waals surface area contributed by atoms with Crippen LogP contribution in [-0.2, 0) is 6.54 Å². The fourth-order valence-electron chi connectivity index (χ4n) is 2.88. The van der Waals surface area contributed by atoms with Gasteiger partial charge in [0.05, 0.1) is 24.5 Å². The Bertz CT molecular complexity index is 747. The Morgan fingerprint density at radius 2 is 2.27 bits per heavy atom. The van der Waals surface area contributed by atoms with E-state index in [0.717, 1.165) is 30.8 Å². The van der Waals surface area contributed by atoms with Crippen LogP contribution in [0.25, 0.3) is 11.6 Å². The molecule has 3 aromatic heterocycles. The summed E-state index contributed by atoms with van der Waals surface area (Å²) in [6.45, 7) is 3.50. The van der Waals surface area contributed by atoms with Crippen molar-refractivity contribution >= 4 is 0 Å². The third-order valence-corrected chi connectivity index (χ3v) is 3.89. The van der Waals surface area contributed by atoms with E-state index in [1.54, 1.807) is 12.3 Å². The van der Waals surface area contributed by atoms with Crippen molar-refractivity contribution in [3.8, 4) is 11.6 Å². The van der Waals surface area contributed by atoms with E-state index in [1.165, 1.54) is 0 Å². The molecule has 4 rings (SSSR count). The number of aromatic nitrogens is 3. The molecule has 1 unspecified atom stereocenters. The van der Waals surface area contributed by atoms with Crippen LogP contribution >= 0.6 is 0 Å². The van der Waals surface area contributed by atoms with Crippen molar-refractivity contribution in [2.24, 2.45) is 0 Å². The van der Waals surface area contributed by atoms with Crippen molar-refractivity contribution in [1.82, 2.24) is 20.2 Å². The first-order valence-electron chi connectivity index (χ1n) is 7.33. The Labute approximate surface area is 126 Å². The van der Waals surface area contributed by atoms with Crippen LogP contribution in [-0.4, -0.2) is 26.7 Å². The first-order valence-corrected chi connectivity index (χ1v) is 7.33. The highest BCUT2D eigenvalue weighted by atomic mass is 16.5. The maximum atomic E-state index is 5.41. The Morgan fingerprint density at radius 3 is 3.05 bits per heavy atom. The average Bonchev–Trinajstić information content (AvgIpc) is 3.26. The second-order valence-corrected chi connectivity index (χ2v) is 5.49. The molecular formula is C15H16N4O3. The van der Waals surface area contributed by atoms with Gasteiger partial charge in [-0.3, -0.25) is 4.90 Å². The summed E-state index contributed by atoms with van der Waals surface area (Å²) in [4.78, 5) is 6.67. The minimum atomic E-state index is 0.222. The van der Waals surface area contributed by atoms with Gasteiger partial charge in [-0.15, -0.1) is 0 Å². The molecule has 4 heterocycles. The minimum absolute atomic E-state index is 0.222. The van der Waals surface area contributed by atoms with Crippen LogP contribution in [0.5, 0.6) is 0 Å². The Kier molecular flexibility index (Phi) is 3.27. The van der Waals surface area contributed by atoms with Gasteiger partial charge in [0, 0.05) is 6.07 Å². The molecule has 0 radical (unpaired) electrons. The van der Waals surface area contributed by atoms with Crippen LogP contribution in [0.2, 0.25) is 0 Å². The van der Waals surface area contributed by atoms with Crippen LogP contribution < -0.4 is 0 Å². The lowest BCUT2D eigenvalue weighted by Gasteiger charge is -2.19. The molecule has 0 aromatic carbocycles. The van der Waals surface area contributed by atoms with Crippen molar-refractivity contribution in [3.05, 3.63) is 41.8 Å². The zero-order valence-corrected chi connectivity index (χ0v) is 12.2. The number of hydrogen-bond donors (Lipinski definition) is 0. The van der Waals surface area contributed by atoms with E-state index in [-0.39, 0.29) is 6.04 Å². The van der Waals surface area contributed by atoms with Crippen LogP contribution in [0.1, 0.15) is 36.2 Å². The largest absolute Gasteiger partial charge is 0.461 e. The van der Waals surface area contributed by atoms with Gasteiger partial charge in [0.2, 0.25) is 11.7 Å². The summed E-state index contributed by atoms with van der Waals surface area (Å²) in [6.07, 6.45) is 3.76. The lowest BCUT2D eigenvalue weighted by atomic mass is 10.1. The van der Waals surface area contributed by atoms with Gasteiger partial charge in [-0.25, -0.2) is 0 Å². The molecule has 1 fully saturated rings. The van der Waals surface area contributed by atoms with E-state index < -0.39 is 0 Å². The highest BCUT2D eigenvalue weighted by Crippen LogP contribution is 2.33. The van der Waals surface area contributed by atoms with Gasteiger partial charge in [-0.2, -0.15) is 4.98 Å². The first kappa shape index (κ1) is 13.3. The second kappa shape index (κ2) is 5.42. The maximum Gasteiger partial charge on any atom is 0.241 e. The second-order valence-electron chi connectivity index (χ2n) is 5.49. The summed E-state index contributed by atoms with van der Waals surface area (Å²) >= 11 is 0. The smallest absolute Gasteiger partial charge is 0.241 e. The molecule has 7 heteroatoms. The quantitative estimate of drug-likeness (QED) is 0.732. The molecule has 0 aliphatic carbocycles. The summed E-state index contributed by atoms with van der Waals surface area (Å²) < 4.78 is 16.0. The number of likely N-dealkylation sites (tertiary alicyclic amines) is 1. The number of aryl methyl sites for hydroxylation is 1. The first-order chi connectivity index (χ1) is 10.8. The molecule has 0 N–H and O–H groups in total. The van der Waals surface area contributed by atoms with Crippen molar-refractivity contribution < 1.29 is 13.5 Å². The minimum Gasteiger partial charge on any atom is -0.461 e. The normalized spacial score (nSPS) is 19.0. The highest BCUT2D eigenvalue weighted by Gasteiger charge is 2.30. The van der Waals surface area contributed by atoms with Gasteiger partial charge >= 0.3 is 0 Å². The number of furan rings is 1. The Morgan fingerprint density at radius 1 is 1.32 bits per heavy atom. The van der Waals surface area contributed by atoms with E-state index in [0.29, 0.717) is 24.0 Å². The summed E-state index contributed by atoms with van der Waals surface area (Å²) in [5.41, 5.74) is 0.903. The molecule has 0 amide bonds. The van der Waals surface area contributed by atoms with Crippen LogP contribution in [0, 0.1) is 6.92 Å². The van der Waals surface area contributed by atoms with Crippen LogP contribution in [0.3, 0.4) is 0 Å². The van der Waals surface area contributed by atoms with E-state index in [9.17, 15) is 0 Å². The molecule has 1 saturated heterocycles. The summed E-state index contributed by atoms with van der Waals surface area (Å²) in [7, 11) is 0. The van der Waals surface area contributed by atoms with Gasteiger partial charge in [0.1, 0.15) is 0 Å². The van der Waals surface area contributed by atoms with Gasteiger partial charge in [0.25, 0.3) is 0 Å². The van der Waals surface area contributed by atoms with E-state index in [1.807, 2.05) is 19.1 Å². The zero-order chi connectivity index (χ0) is 14.9. The highest BCUT2D eigenvalue weighted by molar-refractivity contribution is 5.44. The van der Waals surface area contributed by atoms with Crippen molar-refractivity contribution in [3.63, 3.8) is 0 Å². The van der Waals surface area contributed by atoms with E-state index in [2.05, 4.69) is 20.2 Å². The molecule has 1 aliphatic heterocycles. The Hall–Kier alpha value is -2.41. The topological polar surface area (TPSA) is 81.3 Å². The molecule has 22 heavy (non-hydrogen) atoms. The molecule has 114 valence electrons. The van der Waals surface area contributed by atoms with Crippen molar-refractivity contribution in [2.75, 3.05) is 6.54 Å². The molecule has 7 nitrogen and oxygen atoms in total. The molecule has 0 saturated carbocycles. The summed E-state index contributed by atoms with van der Waals surface area (Å²) in [5, 5.41) is 7.94. The summed E-state index contributed by atoms with van der Waals surface area (Å²) in [5.74, 6) is 2.57. The Balaban J connectivity index is 1.50. The zero-order valence-electron chi connectivity index (χ0n) is 12.2. The molecule has 1 aliphatic rings. The van der Waals surface area contributed by atoms with Crippen molar-refractivity contribution in [1.29, 1.82) is 0 Å². The van der Waals surface area contributed by atoms with Gasteiger partial charge in [0.15, 0.2) is 11.5 Å². The lowest BCUT2D eigenvalue weighted by molar-refractivity contribution is 0.183. The third-order valence-electron chi connectivity index (χ3n) is 3.89. The molecule has 1 atom stereocenters. The fourth-order valence-corrected chi connectivity index (χ4v) is 2.88.